The van der Waals surface area contributed by atoms with Crippen molar-refractivity contribution in [3.05, 3.63) is 32.4 Å². The van der Waals surface area contributed by atoms with Crippen LogP contribution in [0.4, 0.5) is 0 Å². The summed E-state index contributed by atoms with van der Waals surface area (Å²) in [7, 11) is 0. The van der Waals surface area contributed by atoms with E-state index in [1.807, 2.05) is 13.0 Å². The van der Waals surface area contributed by atoms with Crippen LogP contribution in [0.3, 0.4) is 0 Å². The van der Waals surface area contributed by atoms with Crippen molar-refractivity contribution >= 4 is 40.1 Å². The average Bonchev–Trinajstić information content (AvgIpc) is 2.37. The molecule has 1 aromatic carbocycles. The van der Waals surface area contributed by atoms with E-state index in [1.165, 1.54) is 0 Å². The Bertz CT molecular complexity index is 412. The lowest BCUT2D eigenvalue weighted by atomic mass is 10.1. The second-order valence-corrected chi connectivity index (χ2v) is 5.88. The number of carbonyl (C=O) groups is 1. The summed E-state index contributed by atoms with van der Waals surface area (Å²) in [6, 6.07) is 5.26. The molecule has 2 N–H and O–H groups in total. The number of hydrogen-bond donors (Lipinski definition) is 2. The van der Waals surface area contributed by atoms with Crippen molar-refractivity contribution in [1.29, 1.82) is 0 Å². The van der Waals surface area contributed by atoms with Gasteiger partial charge in [-0.25, -0.2) is 0 Å². The van der Waals surface area contributed by atoms with Crippen molar-refractivity contribution in [2.24, 2.45) is 5.92 Å². The molecule has 0 aromatic heterocycles. The zero-order valence-electron chi connectivity index (χ0n) is 10.2. The first-order valence-corrected chi connectivity index (χ1v) is 7.34. The van der Waals surface area contributed by atoms with Crippen LogP contribution in [-0.4, -0.2) is 24.2 Å². The zero-order valence-corrected chi connectivity index (χ0v) is 13.2. The van der Waals surface area contributed by atoms with Crippen LogP contribution in [0.25, 0.3) is 0 Å². The predicted molar refractivity (Wildman–Crippen MR) is 82.0 cm³/mol. The molecule has 0 bridgehead atoms. The van der Waals surface area contributed by atoms with Gasteiger partial charge in [-0.3, -0.25) is 4.79 Å². The van der Waals surface area contributed by atoms with E-state index in [0.29, 0.717) is 17.1 Å². The summed E-state index contributed by atoms with van der Waals surface area (Å²) >= 11 is 8.09. The van der Waals surface area contributed by atoms with E-state index in [2.05, 4.69) is 27.9 Å². The Morgan fingerprint density at radius 2 is 2.28 bits per heavy atom. The van der Waals surface area contributed by atoms with Gasteiger partial charge in [0.05, 0.1) is 5.02 Å². The van der Waals surface area contributed by atoms with Crippen LogP contribution in [-0.2, 0) is 0 Å². The van der Waals surface area contributed by atoms with Crippen LogP contribution in [0.1, 0.15) is 30.1 Å². The predicted octanol–water partition coefficient (Wildman–Crippen LogP) is 3.08. The molecule has 0 saturated heterocycles. The number of benzene rings is 1. The van der Waals surface area contributed by atoms with E-state index in [1.54, 1.807) is 12.1 Å². The van der Waals surface area contributed by atoms with Crippen molar-refractivity contribution in [1.82, 2.24) is 5.32 Å². The number of aliphatic hydroxyl groups is 1. The summed E-state index contributed by atoms with van der Waals surface area (Å²) in [6.07, 6.45) is 1.77. The first-order valence-electron chi connectivity index (χ1n) is 5.88. The number of amides is 1. The molecule has 1 amide bonds. The highest BCUT2D eigenvalue weighted by molar-refractivity contribution is 14.1. The molecule has 1 rings (SSSR count). The highest BCUT2D eigenvalue weighted by Crippen LogP contribution is 2.19. The number of rotatable bonds is 6. The second kappa shape index (κ2) is 7.96. The van der Waals surface area contributed by atoms with Crippen molar-refractivity contribution in [2.75, 3.05) is 13.2 Å². The summed E-state index contributed by atoms with van der Waals surface area (Å²) in [4.78, 5) is 11.8. The van der Waals surface area contributed by atoms with Gasteiger partial charge in [-0.2, -0.15) is 0 Å². The van der Waals surface area contributed by atoms with Crippen LogP contribution in [0.5, 0.6) is 0 Å². The smallest absolute Gasteiger partial charge is 0.251 e. The number of aliphatic hydroxyl groups excluding tert-OH is 1. The number of hydrogen-bond acceptors (Lipinski definition) is 2. The van der Waals surface area contributed by atoms with Gasteiger partial charge in [0.15, 0.2) is 0 Å². The van der Waals surface area contributed by atoms with Gasteiger partial charge < -0.3 is 10.4 Å². The minimum absolute atomic E-state index is 0.107. The molecule has 1 atom stereocenters. The van der Waals surface area contributed by atoms with Crippen molar-refractivity contribution in [3.63, 3.8) is 0 Å². The first-order chi connectivity index (χ1) is 8.54. The summed E-state index contributed by atoms with van der Waals surface area (Å²) in [5, 5.41) is 12.3. The van der Waals surface area contributed by atoms with E-state index in [9.17, 15) is 4.79 Å². The molecule has 0 radical (unpaired) electrons. The van der Waals surface area contributed by atoms with E-state index < -0.39 is 0 Å². The zero-order chi connectivity index (χ0) is 13.5. The maximum Gasteiger partial charge on any atom is 0.251 e. The van der Waals surface area contributed by atoms with Crippen LogP contribution in [0, 0.1) is 9.49 Å². The summed E-state index contributed by atoms with van der Waals surface area (Å²) in [6.45, 7) is 2.80. The van der Waals surface area contributed by atoms with E-state index >= 15 is 0 Å². The van der Waals surface area contributed by atoms with Gasteiger partial charge in [0, 0.05) is 22.3 Å². The largest absolute Gasteiger partial charge is 0.396 e. The first kappa shape index (κ1) is 15.7. The summed E-state index contributed by atoms with van der Waals surface area (Å²) < 4.78 is 0.933. The molecule has 5 heteroatoms. The van der Waals surface area contributed by atoms with Crippen molar-refractivity contribution in [3.8, 4) is 0 Å². The van der Waals surface area contributed by atoms with E-state index in [0.717, 1.165) is 16.4 Å². The van der Waals surface area contributed by atoms with Gasteiger partial charge in [0.25, 0.3) is 5.91 Å². The van der Waals surface area contributed by atoms with E-state index in [-0.39, 0.29) is 18.4 Å². The lowest BCUT2D eigenvalue weighted by Gasteiger charge is -2.09. The Kier molecular flexibility index (Phi) is 6.96. The quantitative estimate of drug-likeness (QED) is 0.588. The molecule has 1 unspecified atom stereocenters. The normalized spacial score (nSPS) is 12.2. The topological polar surface area (TPSA) is 49.3 Å². The lowest BCUT2D eigenvalue weighted by Crippen LogP contribution is -2.24. The van der Waals surface area contributed by atoms with Gasteiger partial charge in [-0.05, 0) is 59.5 Å². The maximum atomic E-state index is 11.8. The summed E-state index contributed by atoms with van der Waals surface area (Å²) in [5.74, 6) is 0.180. The Hall–Kier alpha value is -0.330. The minimum Gasteiger partial charge on any atom is -0.396 e. The van der Waals surface area contributed by atoms with Gasteiger partial charge in [-0.1, -0.05) is 18.5 Å². The third kappa shape index (κ3) is 5.12. The molecule has 1 aromatic rings. The number of carbonyl (C=O) groups excluding carboxylic acids is 1. The third-order valence-electron chi connectivity index (χ3n) is 2.65. The molecule has 0 spiro atoms. The van der Waals surface area contributed by atoms with Crippen LogP contribution >= 0.6 is 34.2 Å². The van der Waals surface area contributed by atoms with Gasteiger partial charge >= 0.3 is 0 Å². The number of nitrogens with one attached hydrogen (secondary N) is 1. The standard InChI is InChI=1S/C13H17ClINO2/c1-9(8-17)3-2-6-16-13(18)10-4-5-12(15)11(14)7-10/h4-5,7,9,17H,2-3,6,8H2,1H3,(H,16,18). The van der Waals surface area contributed by atoms with Crippen LogP contribution < -0.4 is 5.32 Å². The number of halogens is 2. The molecular weight excluding hydrogens is 365 g/mol. The Morgan fingerprint density at radius 1 is 1.56 bits per heavy atom. The van der Waals surface area contributed by atoms with Crippen molar-refractivity contribution < 1.29 is 9.90 Å². The summed E-state index contributed by atoms with van der Waals surface area (Å²) in [5.41, 5.74) is 0.579. The molecule has 0 fully saturated rings. The highest BCUT2D eigenvalue weighted by Gasteiger charge is 2.07. The molecule has 3 nitrogen and oxygen atoms in total. The van der Waals surface area contributed by atoms with Crippen molar-refractivity contribution in [2.45, 2.75) is 19.8 Å². The fraction of sp³-hybridized carbons (Fsp3) is 0.462. The van der Waals surface area contributed by atoms with Crippen LogP contribution in [0.2, 0.25) is 5.02 Å². The van der Waals surface area contributed by atoms with E-state index in [4.69, 9.17) is 16.7 Å². The molecule has 0 heterocycles. The molecule has 0 aliphatic heterocycles. The Labute approximate surface area is 126 Å². The Morgan fingerprint density at radius 3 is 2.89 bits per heavy atom. The molecule has 0 saturated carbocycles. The Balaban J connectivity index is 2.39. The molecule has 18 heavy (non-hydrogen) atoms. The third-order valence-corrected chi connectivity index (χ3v) is 4.22. The molecule has 100 valence electrons. The highest BCUT2D eigenvalue weighted by atomic mass is 127. The van der Waals surface area contributed by atoms with Crippen LogP contribution in [0.15, 0.2) is 18.2 Å². The fourth-order valence-corrected chi connectivity index (χ4v) is 2.00. The second-order valence-electron chi connectivity index (χ2n) is 4.31. The SMILES string of the molecule is CC(CO)CCCNC(=O)c1ccc(I)c(Cl)c1. The van der Waals surface area contributed by atoms with Gasteiger partial charge in [0.1, 0.15) is 0 Å². The monoisotopic (exact) mass is 381 g/mol. The maximum absolute atomic E-state index is 11.8. The molecule has 0 aliphatic carbocycles. The molecular formula is C13H17ClINO2. The lowest BCUT2D eigenvalue weighted by molar-refractivity contribution is 0.0952. The van der Waals surface area contributed by atoms with Gasteiger partial charge in [-0.15, -0.1) is 0 Å². The average molecular weight is 382 g/mol. The minimum atomic E-state index is -0.107. The van der Waals surface area contributed by atoms with Gasteiger partial charge in [0.2, 0.25) is 0 Å². The molecule has 0 aliphatic rings. The fourth-order valence-electron chi connectivity index (χ4n) is 1.48.